The summed E-state index contributed by atoms with van der Waals surface area (Å²) in [6.07, 6.45) is 1.85. The minimum Gasteiger partial charge on any atom is -0.352 e. The van der Waals surface area contributed by atoms with Crippen LogP contribution < -0.4 is 10.2 Å². The molecule has 3 heterocycles. The smallest absolute Gasteiger partial charge is 0.225 e. The van der Waals surface area contributed by atoms with Gasteiger partial charge in [0.15, 0.2) is 0 Å². The van der Waals surface area contributed by atoms with E-state index in [2.05, 4.69) is 51.0 Å². The predicted octanol–water partition coefficient (Wildman–Crippen LogP) is 4.13. The Kier molecular flexibility index (Phi) is 5.87. The van der Waals surface area contributed by atoms with Crippen LogP contribution in [0, 0.1) is 19.8 Å². The maximum absolute atomic E-state index is 12.7. The van der Waals surface area contributed by atoms with E-state index >= 15 is 0 Å². The summed E-state index contributed by atoms with van der Waals surface area (Å²) in [4.78, 5) is 14.9. The number of aryl methyl sites for hydroxylation is 2. The maximum Gasteiger partial charge on any atom is 0.225 e. The quantitative estimate of drug-likeness (QED) is 0.662. The minimum atomic E-state index is -0.0506. The first kappa shape index (κ1) is 19.9. The third-order valence-electron chi connectivity index (χ3n) is 5.28. The molecule has 6 nitrogen and oxygen atoms in total. The third kappa shape index (κ3) is 4.46. The molecule has 0 saturated carbocycles. The lowest BCUT2D eigenvalue weighted by molar-refractivity contribution is -0.125. The molecule has 2 aromatic heterocycles. The Morgan fingerprint density at radius 3 is 2.72 bits per heavy atom. The lowest BCUT2D eigenvalue weighted by Crippen LogP contribution is -2.43. The molecule has 0 radical (unpaired) electrons. The molecule has 1 fully saturated rings. The predicted molar refractivity (Wildman–Crippen MR) is 117 cm³/mol. The van der Waals surface area contributed by atoms with Crippen molar-refractivity contribution in [3.05, 3.63) is 58.4 Å². The standard InChI is InChI=1S/C21H24ClN5OS/c1-14-8-9-15(2)27(14)21-25-24-20(29-21)26-10-4-6-17(13-26)19(28)23-12-16-5-3-7-18(22)11-16/h3,5,7-9,11,17H,4,6,10,12-13H2,1-2H3,(H,23,28)/t17-/m0/s1. The van der Waals surface area contributed by atoms with Crippen molar-refractivity contribution in [3.63, 3.8) is 0 Å². The van der Waals surface area contributed by atoms with Gasteiger partial charge in [-0.3, -0.25) is 9.36 Å². The molecule has 4 rings (SSSR count). The van der Waals surface area contributed by atoms with Crippen LogP contribution in [0.4, 0.5) is 5.13 Å². The molecular weight excluding hydrogens is 406 g/mol. The van der Waals surface area contributed by atoms with E-state index < -0.39 is 0 Å². The van der Waals surface area contributed by atoms with Gasteiger partial charge in [-0.2, -0.15) is 0 Å². The van der Waals surface area contributed by atoms with E-state index in [1.165, 1.54) is 0 Å². The Morgan fingerprint density at radius 1 is 1.21 bits per heavy atom. The largest absolute Gasteiger partial charge is 0.352 e. The first-order valence-corrected chi connectivity index (χ1v) is 11.0. The van der Waals surface area contributed by atoms with Gasteiger partial charge in [-0.25, -0.2) is 0 Å². The second kappa shape index (κ2) is 8.55. The lowest BCUT2D eigenvalue weighted by Gasteiger charge is -2.31. The van der Waals surface area contributed by atoms with Gasteiger partial charge < -0.3 is 10.2 Å². The van der Waals surface area contributed by atoms with Gasteiger partial charge in [-0.1, -0.05) is 35.1 Å². The highest BCUT2D eigenvalue weighted by Gasteiger charge is 2.27. The molecule has 1 atom stereocenters. The van der Waals surface area contributed by atoms with Crippen molar-refractivity contribution in [1.29, 1.82) is 0 Å². The molecule has 0 spiro atoms. The second-order valence-electron chi connectivity index (χ2n) is 7.45. The number of nitrogens with one attached hydrogen (secondary N) is 1. The number of carbonyl (C=O) groups excluding carboxylic acids is 1. The Balaban J connectivity index is 1.40. The molecule has 1 saturated heterocycles. The van der Waals surface area contributed by atoms with Crippen LogP contribution >= 0.6 is 22.9 Å². The van der Waals surface area contributed by atoms with E-state index in [0.717, 1.165) is 46.6 Å². The lowest BCUT2D eigenvalue weighted by atomic mass is 9.97. The number of benzene rings is 1. The Hall–Kier alpha value is -2.38. The van der Waals surface area contributed by atoms with E-state index in [0.29, 0.717) is 18.1 Å². The molecule has 29 heavy (non-hydrogen) atoms. The molecule has 152 valence electrons. The van der Waals surface area contributed by atoms with Gasteiger partial charge in [-0.05, 0) is 56.5 Å². The minimum absolute atomic E-state index is 0.0506. The Labute approximate surface area is 179 Å². The summed E-state index contributed by atoms with van der Waals surface area (Å²) in [6, 6.07) is 11.7. The van der Waals surface area contributed by atoms with E-state index in [4.69, 9.17) is 11.6 Å². The average Bonchev–Trinajstić information content (AvgIpc) is 3.32. The molecule has 0 aliphatic carbocycles. The summed E-state index contributed by atoms with van der Waals surface area (Å²) in [5.41, 5.74) is 3.29. The fourth-order valence-electron chi connectivity index (χ4n) is 3.74. The van der Waals surface area contributed by atoms with Crippen LogP contribution in [0.3, 0.4) is 0 Å². The van der Waals surface area contributed by atoms with E-state index in [9.17, 15) is 4.79 Å². The number of nitrogens with zero attached hydrogens (tertiary/aromatic N) is 4. The molecule has 1 N–H and O–H groups in total. The zero-order valence-electron chi connectivity index (χ0n) is 16.6. The van der Waals surface area contributed by atoms with Crippen molar-refractivity contribution < 1.29 is 4.79 Å². The number of carbonyl (C=O) groups is 1. The van der Waals surface area contributed by atoms with Crippen LogP contribution in [-0.2, 0) is 11.3 Å². The molecule has 3 aromatic rings. The van der Waals surface area contributed by atoms with Crippen molar-refractivity contribution in [2.45, 2.75) is 33.2 Å². The zero-order valence-corrected chi connectivity index (χ0v) is 18.1. The Bertz CT molecular complexity index is 995. The highest BCUT2D eigenvalue weighted by molar-refractivity contribution is 7.17. The number of rotatable bonds is 5. The van der Waals surface area contributed by atoms with Crippen LogP contribution in [0.2, 0.25) is 5.02 Å². The fraction of sp³-hybridized carbons (Fsp3) is 0.381. The van der Waals surface area contributed by atoms with Crippen molar-refractivity contribution in [2.24, 2.45) is 5.92 Å². The molecule has 1 aromatic carbocycles. The highest BCUT2D eigenvalue weighted by Crippen LogP contribution is 2.29. The number of hydrogen-bond acceptors (Lipinski definition) is 5. The van der Waals surface area contributed by atoms with Crippen LogP contribution in [-0.4, -0.2) is 33.8 Å². The van der Waals surface area contributed by atoms with Crippen molar-refractivity contribution in [2.75, 3.05) is 18.0 Å². The van der Waals surface area contributed by atoms with Gasteiger partial charge >= 0.3 is 0 Å². The van der Waals surface area contributed by atoms with Crippen molar-refractivity contribution in [3.8, 4) is 5.13 Å². The van der Waals surface area contributed by atoms with Gasteiger partial charge in [0.25, 0.3) is 0 Å². The summed E-state index contributed by atoms with van der Waals surface area (Å²) in [7, 11) is 0. The van der Waals surface area contributed by atoms with Crippen LogP contribution in [0.25, 0.3) is 5.13 Å². The van der Waals surface area contributed by atoms with E-state index in [1.54, 1.807) is 11.3 Å². The number of halogens is 1. The summed E-state index contributed by atoms with van der Waals surface area (Å²) in [5, 5.41) is 14.3. The van der Waals surface area contributed by atoms with Crippen molar-refractivity contribution in [1.82, 2.24) is 20.1 Å². The first-order valence-electron chi connectivity index (χ1n) is 9.77. The molecule has 8 heteroatoms. The van der Waals surface area contributed by atoms with Gasteiger partial charge in [0.1, 0.15) is 0 Å². The number of piperidine rings is 1. The van der Waals surface area contributed by atoms with Crippen LogP contribution in [0.15, 0.2) is 36.4 Å². The summed E-state index contributed by atoms with van der Waals surface area (Å²) < 4.78 is 2.11. The van der Waals surface area contributed by atoms with Crippen LogP contribution in [0.1, 0.15) is 29.8 Å². The number of aromatic nitrogens is 3. The highest BCUT2D eigenvalue weighted by atomic mass is 35.5. The molecule has 1 aliphatic rings. The molecule has 0 unspecified atom stereocenters. The van der Waals surface area contributed by atoms with Gasteiger partial charge in [-0.15, -0.1) is 10.2 Å². The monoisotopic (exact) mass is 429 g/mol. The van der Waals surface area contributed by atoms with Gasteiger partial charge in [0, 0.05) is 36.0 Å². The second-order valence-corrected chi connectivity index (χ2v) is 8.82. The van der Waals surface area contributed by atoms with Crippen molar-refractivity contribution >= 4 is 34.0 Å². The number of amides is 1. The van der Waals surface area contributed by atoms with E-state index in [-0.39, 0.29) is 11.8 Å². The normalized spacial score (nSPS) is 16.8. The number of hydrogen-bond donors (Lipinski definition) is 1. The Morgan fingerprint density at radius 2 is 1.97 bits per heavy atom. The third-order valence-corrected chi connectivity index (χ3v) is 6.49. The summed E-state index contributed by atoms with van der Waals surface area (Å²) in [6.45, 7) is 6.19. The topological polar surface area (TPSA) is 63.1 Å². The van der Waals surface area contributed by atoms with E-state index in [1.807, 2.05) is 24.3 Å². The SMILES string of the molecule is Cc1ccc(C)n1-c1nnc(N2CCC[C@H](C(=O)NCc3cccc(Cl)c3)C2)s1. The van der Waals surface area contributed by atoms with Crippen LogP contribution in [0.5, 0.6) is 0 Å². The van der Waals surface area contributed by atoms with Gasteiger partial charge in [0.05, 0.1) is 5.92 Å². The summed E-state index contributed by atoms with van der Waals surface area (Å²) >= 11 is 7.59. The molecule has 0 bridgehead atoms. The number of anilines is 1. The molecule has 1 amide bonds. The average molecular weight is 430 g/mol. The van der Waals surface area contributed by atoms with Gasteiger partial charge in [0.2, 0.25) is 16.2 Å². The molecular formula is C21H24ClN5OS. The molecule has 1 aliphatic heterocycles. The first-order chi connectivity index (χ1) is 14.0. The summed E-state index contributed by atoms with van der Waals surface area (Å²) in [5.74, 6) is 0.0295. The zero-order chi connectivity index (χ0) is 20.4. The maximum atomic E-state index is 12.7. The fourth-order valence-corrected chi connectivity index (χ4v) is 4.96.